The van der Waals surface area contributed by atoms with Crippen molar-refractivity contribution < 1.29 is 28.5 Å². The molecule has 1 saturated heterocycles. The van der Waals surface area contributed by atoms with E-state index in [2.05, 4.69) is 22.6 Å². The van der Waals surface area contributed by atoms with Gasteiger partial charge in [-0.25, -0.2) is 0 Å². The molecule has 7 nitrogen and oxygen atoms in total. The van der Waals surface area contributed by atoms with Crippen LogP contribution in [0.15, 0.2) is 65.6 Å². The zero-order chi connectivity index (χ0) is 27.1. The lowest BCUT2D eigenvalue weighted by Crippen LogP contribution is -2.32. The van der Waals surface area contributed by atoms with Crippen LogP contribution in [0.1, 0.15) is 18.1 Å². The molecule has 10 heteroatoms. The molecule has 4 rings (SSSR count). The predicted octanol–water partition coefficient (Wildman–Crippen LogP) is 7.05. The third kappa shape index (κ3) is 6.75. The number of nitrogens with zero attached hydrogens (tertiary/aromatic N) is 1. The van der Waals surface area contributed by atoms with Gasteiger partial charge < -0.3 is 18.9 Å². The number of amides is 2. The smallest absolute Gasteiger partial charge is 0.293 e. The first-order valence-corrected chi connectivity index (χ1v) is 14.0. The van der Waals surface area contributed by atoms with Crippen LogP contribution < -0.4 is 18.9 Å². The standard InChI is InChI=1S/C28H25ClINO6S/c1-3-35-24-15-18(14-21(30)26(24)37-17-19-8-4-5-9-20(19)29)16-25-27(32)31(28(33)38-25)12-13-36-23-11-7-6-10-22(23)34-2/h4-11,14-16H,3,12-13,17H2,1-2H3/b25-16-. The Balaban J connectivity index is 1.47. The van der Waals surface area contributed by atoms with Gasteiger partial charge in [0.05, 0.1) is 28.7 Å². The van der Waals surface area contributed by atoms with E-state index in [-0.39, 0.29) is 30.9 Å². The van der Waals surface area contributed by atoms with Gasteiger partial charge in [-0.2, -0.15) is 0 Å². The number of benzene rings is 3. The van der Waals surface area contributed by atoms with E-state index in [0.29, 0.717) is 39.5 Å². The lowest BCUT2D eigenvalue weighted by Gasteiger charge is -2.15. The number of thioether (sulfide) groups is 1. The minimum atomic E-state index is -0.365. The predicted molar refractivity (Wildman–Crippen MR) is 157 cm³/mol. The molecule has 0 unspecified atom stereocenters. The summed E-state index contributed by atoms with van der Waals surface area (Å²) in [6.07, 6.45) is 1.69. The Bertz CT molecular complexity index is 1360. The molecule has 0 bridgehead atoms. The Morgan fingerprint density at radius 2 is 1.71 bits per heavy atom. The molecular formula is C28H25ClINO6S. The van der Waals surface area contributed by atoms with E-state index in [1.165, 1.54) is 4.90 Å². The molecule has 0 N–H and O–H groups in total. The summed E-state index contributed by atoms with van der Waals surface area (Å²) in [7, 11) is 1.55. The second-order valence-corrected chi connectivity index (χ2v) is 10.5. The SMILES string of the molecule is CCOc1cc(/C=C2\SC(=O)N(CCOc3ccccc3OC)C2=O)cc(I)c1OCc1ccccc1Cl. The highest BCUT2D eigenvalue weighted by Crippen LogP contribution is 2.38. The fraction of sp³-hybridized carbons (Fsp3) is 0.214. The van der Waals surface area contributed by atoms with Crippen LogP contribution >= 0.6 is 46.0 Å². The number of carbonyl (C=O) groups is 2. The largest absolute Gasteiger partial charge is 0.493 e. The van der Waals surface area contributed by atoms with Crippen molar-refractivity contribution in [1.29, 1.82) is 0 Å². The molecule has 0 radical (unpaired) electrons. The van der Waals surface area contributed by atoms with Crippen molar-refractivity contribution in [2.24, 2.45) is 0 Å². The van der Waals surface area contributed by atoms with E-state index < -0.39 is 0 Å². The highest BCUT2D eigenvalue weighted by Gasteiger charge is 2.35. The van der Waals surface area contributed by atoms with Gasteiger partial charge >= 0.3 is 0 Å². The van der Waals surface area contributed by atoms with Crippen LogP contribution in [0.25, 0.3) is 6.08 Å². The Morgan fingerprint density at radius 3 is 2.45 bits per heavy atom. The Hall–Kier alpha value is -2.89. The molecule has 1 aliphatic heterocycles. The topological polar surface area (TPSA) is 74.3 Å². The molecule has 3 aromatic rings. The van der Waals surface area contributed by atoms with Crippen molar-refractivity contribution in [3.05, 3.63) is 85.3 Å². The number of carbonyl (C=O) groups excluding carboxylic acids is 2. The van der Waals surface area contributed by atoms with Crippen LogP contribution in [0.5, 0.6) is 23.0 Å². The van der Waals surface area contributed by atoms with Crippen molar-refractivity contribution in [2.75, 3.05) is 26.9 Å². The van der Waals surface area contributed by atoms with E-state index in [9.17, 15) is 9.59 Å². The molecule has 1 fully saturated rings. The van der Waals surface area contributed by atoms with Gasteiger partial charge in [0.15, 0.2) is 23.0 Å². The van der Waals surface area contributed by atoms with Crippen LogP contribution in [0.4, 0.5) is 4.79 Å². The number of hydrogen-bond acceptors (Lipinski definition) is 7. The van der Waals surface area contributed by atoms with Crippen LogP contribution in [0, 0.1) is 3.57 Å². The van der Waals surface area contributed by atoms with Gasteiger partial charge in [0.25, 0.3) is 11.1 Å². The molecule has 38 heavy (non-hydrogen) atoms. The first kappa shape index (κ1) is 28.1. The molecular weight excluding hydrogens is 641 g/mol. The maximum absolute atomic E-state index is 13.0. The Morgan fingerprint density at radius 1 is 0.974 bits per heavy atom. The maximum Gasteiger partial charge on any atom is 0.293 e. The monoisotopic (exact) mass is 665 g/mol. The summed E-state index contributed by atoms with van der Waals surface area (Å²) in [5.74, 6) is 1.90. The Kier molecular flexibility index (Phi) is 9.81. The lowest BCUT2D eigenvalue weighted by molar-refractivity contribution is -0.123. The van der Waals surface area contributed by atoms with E-state index >= 15 is 0 Å². The minimum absolute atomic E-state index is 0.122. The van der Waals surface area contributed by atoms with Crippen molar-refractivity contribution in [1.82, 2.24) is 4.90 Å². The molecule has 0 spiro atoms. The van der Waals surface area contributed by atoms with Gasteiger partial charge in [0.2, 0.25) is 0 Å². The molecule has 2 amide bonds. The molecule has 0 aliphatic carbocycles. The van der Waals surface area contributed by atoms with E-state index in [1.807, 2.05) is 49.4 Å². The summed E-state index contributed by atoms with van der Waals surface area (Å²) < 4.78 is 23.7. The number of ether oxygens (including phenoxy) is 4. The number of halogens is 2. The molecule has 3 aromatic carbocycles. The molecule has 1 aliphatic rings. The van der Waals surface area contributed by atoms with Gasteiger partial charge in [-0.1, -0.05) is 41.9 Å². The zero-order valence-corrected chi connectivity index (χ0v) is 24.5. The summed E-state index contributed by atoms with van der Waals surface area (Å²) in [6, 6.07) is 18.4. The fourth-order valence-corrected chi connectivity index (χ4v) is 5.51. The van der Waals surface area contributed by atoms with Crippen molar-refractivity contribution >= 4 is 63.2 Å². The first-order chi connectivity index (χ1) is 18.4. The number of imide groups is 1. The van der Waals surface area contributed by atoms with Crippen LogP contribution in [0.3, 0.4) is 0 Å². The summed E-state index contributed by atoms with van der Waals surface area (Å²) in [6.45, 7) is 2.87. The highest BCUT2D eigenvalue weighted by atomic mass is 127. The van der Waals surface area contributed by atoms with Gasteiger partial charge in [0, 0.05) is 10.6 Å². The average Bonchev–Trinajstić information content (AvgIpc) is 3.17. The number of hydrogen-bond donors (Lipinski definition) is 0. The van der Waals surface area contributed by atoms with Crippen LogP contribution in [-0.4, -0.2) is 42.9 Å². The van der Waals surface area contributed by atoms with E-state index in [0.717, 1.165) is 26.5 Å². The van der Waals surface area contributed by atoms with Crippen molar-refractivity contribution in [2.45, 2.75) is 13.5 Å². The van der Waals surface area contributed by atoms with Gasteiger partial charge in [-0.3, -0.25) is 14.5 Å². The van der Waals surface area contributed by atoms with Crippen molar-refractivity contribution in [3.63, 3.8) is 0 Å². The summed E-state index contributed by atoms with van der Waals surface area (Å²) in [5.41, 5.74) is 1.58. The van der Waals surface area contributed by atoms with E-state index in [1.54, 1.807) is 31.4 Å². The van der Waals surface area contributed by atoms with E-state index in [4.69, 9.17) is 30.5 Å². The second kappa shape index (κ2) is 13.3. The number of para-hydroxylation sites is 2. The first-order valence-electron chi connectivity index (χ1n) is 11.7. The summed E-state index contributed by atoms with van der Waals surface area (Å²) in [4.78, 5) is 27.1. The molecule has 0 saturated carbocycles. The van der Waals surface area contributed by atoms with Crippen LogP contribution in [-0.2, 0) is 11.4 Å². The zero-order valence-electron chi connectivity index (χ0n) is 20.7. The van der Waals surface area contributed by atoms with Crippen LogP contribution in [0.2, 0.25) is 5.02 Å². The third-order valence-corrected chi connectivity index (χ3v) is 7.55. The number of methoxy groups -OCH3 is 1. The Labute approximate surface area is 244 Å². The minimum Gasteiger partial charge on any atom is -0.493 e. The lowest BCUT2D eigenvalue weighted by atomic mass is 10.1. The van der Waals surface area contributed by atoms with Gasteiger partial charge in [-0.15, -0.1) is 0 Å². The quantitative estimate of drug-likeness (QED) is 0.161. The second-order valence-electron chi connectivity index (χ2n) is 7.98. The molecule has 198 valence electrons. The molecule has 0 aromatic heterocycles. The summed E-state index contributed by atoms with van der Waals surface area (Å²) >= 11 is 9.33. The van der Waals surface area contributed by atoms with Gasteiger partial charge in [0.1, 0.15) is 13.2 Å². The van der Waals surface area contributed by atoms with Gasteiger partial charge in [-0.05, 0) is 83.2 Å². The number of rotatable bonds is 11. The summed E-state index contributed by atoms with van der Waals surface area (Å²) in [5, 5.41) is 0.283. The maximum atomic E-state index is 13.0. The highest BCUT2D eigenvalue weighted by molar-refractivity contribution is 14.1. The van der Waals surface area contributed by atoms with Crippen molar-refractivity contribution in [3.8, 4) is 23.0 Å². The normalized spacial score (nSPS) is 14.2. The third-order valence-electron chi connectivity index (χ3n) is 5.47. The molecule has 0 atom stereocenters. The average molecular weight is 666 g/mol. The fourth-order valence-electron chi connectivity index (χ4n) is 3.67. The molecule has 1 heterocycles.